The third-order valence-corrected chi connectivity index (χ3v) is 3.62. The lowest BCUT2D eigenvalue weighted by Gasteiger charge is -2.07. The average molecular weight is 356 g/mol. The molecule has 1 N–H and O–H groups in total. The van der Waals surface area contributed by atoms with Gasteiger partial charge in [-0.2, -0.15) is 0 Å². The molecule has 0 saturated carbocycles. The summed E-state index contributed by atoms with van der Waals surface area (Å²) in [5.41, 5.74) is 2.01. The molecule has 0 spiro atoms. The van der Waals surface area contributed by atoms with Gasteiger partial charge in [0.2, 0.25) is 0 Å². The van der Waals surface area contributed by atoms with Crippen molar-refractivity contribution in [2.45, 2.75) is 13.2 Å². The first-order chi connectivity index (χ1) is 9.56. The van der Waals surface area contributed by atoms with E-state index in [9.17, 15) is 4.79 Å². The van der Waals surface area contributed by atoms with Crippen molar-refractivity contribution in [1.29, 1.82) is 0 Å². The van der Waals surface area contributed by atoms with E-state index in [1.165, 1.54) is 12.1 Å². The summed E-state index contributed by atoms with van der Waals surface area (Å²) in [4.78, 5) is 10.8. The van der Waals surface area contributed by atoms with Gasteiger partial charge in [-0.3, -0.25) is 0 Å². The predicted octanol–water partition coefficient (Wildman–Crippen LogP) is 4.52. The van der Waals surface area contributed by atoms with Gasteiger partial charge in [-0.05, 0) is 35.4 Å². The lowest BCUT2D eigenvalue weighted by molar-refractivity contribution is 0.0696. The molecule has 0 fully saturated rings. The number of hydrogen-bond donors (Lipinski definition) is 1. The van der Waals surface area contributed by atoms with Gasteiger partial charge in [0.15, 0.2) is 0 Å². The van der Waals surface area contributed by atoms with Gasteiger partial charge in [0.05, 0.1) is 18.8 Å². The summed E-state index contributed by atoms with van der Waals surface area (Å²) < 4.78 is 6.60. The molecule has 0 aliphatic heterocycles. The van der Waals surface area contributed by atoms with Crippen molar-refractivity contribution in [2.75, 3.05) is 0 Å². The van der Waals surface area contributed by atoms with Crippen LogP contribution in [0.5, 0.6) is 0 Å². The van der Waals surface area contributed by atoms with Gasteiger partial charge in [-0.25, -0.2) is 4.79 Å². The minimum Gasteiger partial charge on any atom is -0.478 e. The van der Waals surface area contributed by atoms with Crippen LogP contribution in [0.2, 0.25) is 5.02 Å². The van der Waals surface area contributed by atoms with E-state index in [0.717, 1.165) is 15.6 Å². The predicted molar refractivity (Wildman–Crippen MR) is 81.0 cm³/mol. The highest BCUT2D eigenvalue weighted by Gasteiger charge is 2.07. The van der Waals surface area contributed by atoms with Crippen LogP contribution < -0.4 is 0 Å². The Kier molecular flexibility index (Phi) is 5.17. The minimum absolute atomic E-state index is 0.173. The van der Waals surface area contributed by atoms with Gasteiger partial charge in [0, 0.05) is 9.50 Å². The van der Waals surface area contributed by atoms with Crippen LogP contribution in [-0.2, 0) is 18.0 Å². The van der Waals surface area contributed by atoms with E-state index in [2.05, 4.69) is 15.9 Å². The quantitative estimate of drug-likeness (QED) is 0.858. The lowest BCUT2D eigenvalue weighted by atomic mass is 10.1. The number of carboxylic acid groups (broad SMARTS) is 1. The fourth-order valence-corrected chi connectivity index (χ4v) is 2.16. The van der Waals surface area contributed by atoms with Crippen LogP contribution in [0.25, 0.3) is 0 Å². The summed E-state index contributed by atoms with van der Waals surface area (Å²) in [6, 6.07) is 12.5. The summed E-state index contributed by atoms with van der Waals surface area (Å²) >= 11 is 9.40. The van der Waals surface area contributed by atoms with Crippen molar-refractivity contribution in [3.05, 3.63) is 68.7 Å². The zero-order valence-electron chi connectivity index (χ0n) is 10.5. The van der Waals surface area contributed by atoms with E-state index in [1.807, 2.05) is 24.3 Å². The standard InChI is InChI=1S/C15H12BrClO3/c16-13-5-1-10(2-6-13)8-20-9-12-4-3-11(15(18)19)7-14(12)17/h1-7H,8-9H2,(H,18,19). The van der Waals surface area contributed by atoms with E-state index >= 15 is 0 Å². The smallest absolute Gasteiger partial charge is 0.335 e. The number of benzene rings is 2. The van der Waals surface area contributed by atoms with Crippen molar-refractivity contribution < 1.29 is 14.6 Å². The molecule has 0 aromatic heterocycles. The molecule has 0 heterocycles. The van der Waals surface area contributed by atoms with Crippen LogP contribution in [0.1, 0.15) is 21.5 Å². The van der Waals surface area contributed by atoms with Crippen molar-refractivity contribution >= 4 is 33.5 Å². The number of rotatable bonds is 5. The monoisotopic (exact) mass is 354 g/mol. The van der Waals surface area contributed by atoms with Crippen molar-refractivity contribution in [3.8, 4) is 0 Å². The van der Waals surface area contributed by atoms with Crippen molar-refractivity contribution in [2.24, 2.45) is 0 Å². The third-order valence-electron chi connectivity index (χ3n) is 2.74. The second-order valence-corrected chi connectivity index (χ2v) is 5.55. The molecule has 0 atom stereocenters. The topological polar surface area (TPSA) is 46.5 Å². The average Bonchev–Trinajstić information content (AvgIpc) is 2.42. The van der Waals surface area contributed by atoms with Crippen LogP contribution in [0, 0.1) is 0 Å². The highest BCUT2D eigenvalue weighted by molar-refractivity contribution is 9.10. The van der Waals surface area contributed by atoms with Crippen LogP contribution in [0.15, 0.2) is 46.9 Å². The molecule has 2 aromatic carbocycles. The van der Waals surface area contributed by atoms with Gasteiger partial charge >= 0.3 is 5.97 Å². The number of aromatic carboxylic acids is 1. The molecule has 0 radical (unpaired) electrons. The number of halogens is 2. The summed E-state index contributed by atoms with van der Waals surface area (Å²) in [5.74, 6) is -0.991. The van der Waals surface area contributed by atoms with Crippen molar-refractivity contribution in [3.63, 3.8) is 0 Å². The van der Waals surface area contributed by atoms with Crippen LogP contribution in [0.3, 0.4) is 0 Å². The molecular weight excluding hydrogens is 344 g/mol. The molecule has 104 valence electrons. The van der Waals surface area contributed by atoms with Crippen LogP contribution >= 0.6 is 27.5 Å². The first-order valence-electron chi connectivity index (χ1n) is 5.90. The van der Waals surface area contributed by atoms with Gasteiger partial charge in [-0.1, -0.05) is 45.7 Å². The molecule has 0 aliphatic carbocycles. The molecule has 0 aliphatic rings. The second-order valence-electron chi connectivity index (χ2n) is 4.23. The molecular formula is C15H12BrClO3. The number of carbonyl (C=O) groups is 1. The first kappa shape index (κ1) is 15.0. The van der Waals surface area contributed by atoms with Gasteiger partial charge in [-0.15, -0.1) is 0 Å². The van der Waals surface area contributed by atoms with Crippen LogP contribution in [0.4, 0.5) is 0 Å². The lowest BCUT2D eigenvalue weighted by Crippen LogP contribution is -1.99. The zero-order chi connectivity index (χ0) is 14.5. The summed E-state index contributed by atoms with van der Waals surface area (Å²) in [7, 11) is 0. The maximum atomic E-state index is 10.8. The minimum atomic E-state index is -0.991. The molecule has 5 heteroatoms. The van der Waals surface area contributed by atoms with Crippen molar-refractivity contribution in [1.82, 2.24) is 0 Å². The number of ether oxygens (including phenoxy) is 1. The Morgan fingerprint density at radius 2 is 1.85 bits per heavy atom. The Bertz CT molecular complexity index is 611. The van der Waals surface area contributed by atoms with Gasteiger partial charge in [0.1, 0.15) is 0 Å². The Balaban J connectivity index is 1.94. The molecule has 0 bridgehead atoms. The fourth-order valence-electron chi connectivity index (χ4n) is 1.66. The number of carboxylic acids is 1. The maximum absolute atomic E-state index is 10.8. The molecule has 0 unspecified atom stereocenters. The second kappa shape index (κ2) is 6.88. The molecule has 2 rings (SSSR count). The SMILES string of the molecule is O=C(O)c1ccc(COCc2ccc(Br)cc2)c(Cl)c1. The van der Waals surface area contributed by atoms with Gasteiger partial charge in [0.25, 0.3) is 0 Å². The van der Waals surface area contributed by atoms with E-state index in [-0.39, 0.29) is 5.56 Å². The molecule has 3 nitrogen and oxygen atoms in total. The van der Waals surface area contributed by atoms with E-state index in [4.69, 9.17) is 21.4 Å². The molecule has 20 heavy (non-hydrogen) atoms. The van der Waals surface area contributed by atoms with Gasteiger partial charge < -0.3 is 9.84 Å². The number of hydrogen-bond acceptors (Lipinski definition) is 2. The van der Waals surface area contributed by atoms with E-state index in [1.54, 1.807) is 6.07 Å². The summed E-state index contributed by atoms with van der Waals surface area (Å²) in [6.07, 6.45) is 0. The fraction of sp³-hybridized carbons (Fsp3) is 0.133. The molecule has 0 amide bonds. The largest absolute Gasteiger partial charge is 0.478 e. The van der Waals surface area contributed by atoms with E-state index < -0.39 is 5.97 Å². The highest BCUT2D eigenvalue weighted by Crippen LogP contribution is 2.19. The van der Waals surface area contributed by atoms with E-state index in [0.29, 0.717) is 18.2 Å². The Morgan fingerprint density at radius 1 is 1.15 bits per heavy atom. The Labute approximate surface area is 130 Å². The third kappa shape index (κ3) is 4.07. The highest BCUT2D eigenvalue weighted by atomic mass is 79.9. The Morgan fingerprint density at radius 3 is 2.45 bits per heavy atom. The van der Waals surface area contributed by atoms with Crippen LogP contribution in [-0.4, -0.2) is 11.1 Å². The summed E-state index contributed by atoms with van der Waals surface area (Å²) in [6.45, 7) is 0.819. The molecule has 2 aromatic rings. The normalized spacial score (nSPS) is 10.5. The Hall–Kier alpha value is -1.36. The summed E-state index contributed by atoms with van der Waals surface area (Å²) in [5, 5.41) is 9.26. The molecule has 0 saturated heterocycles. The maximum Gasteiger partial charge on any atom is 0.335 e. The zero-order valence-corrected chi connectivity index (χ0v) is 12.8. The first-order valence-corrected chi connectivity index (χ1v) is 7.07.